The molecule has 1 fully saturated rings. The van der Waals surface area contributed by atoms with Crippen molar-refractivity contribution in [1.82, 2.24) is 20.5 Å². The number of furan rings is 1. The number of guanidine groups is 1. The highest BCUT2D eigenvalue weighted by Crippen LogP contribution is 2.24. The molecule has 0 amide bonds. The van der Waals surface area contributed by atoms with E-state index in [1.54, 1.807) is 18.5 Å². The Morgan fingerprint density at radius 1 is 1.31 bits per heavy atom. The average Bonchev–Trinajstić information content (AvgIpc) is 3.35. The molecule has 140 valence electrons. The first-order chi connectivity index (χ1) is 12.8. The van der Waals surface area contributed by atoms with Crippen molar-refractivity contribution in [2.75, 3.05) is 26.2 Å². The van der Waals surface area contributed by atoms with Gasteiger partial charge < -0.3 is 15.1 Å². The lowest BCUT2D eigenvalue weighted by Gasteiger charge is -2.26. The van der Waals surface area contributed by atoms with Gasteiger partial charge in [0.1, 0.15) is 10.9 Å². The van der Waals surface area contributed by atoms with Crippen molar-refractivity contribution in [2.24, 2.45) is 4.99 Å². The number of aliphatic imine (C=N–C) groups is 1. The van der Waals surface area contributed by atoms with E-state index in [4.69, 9.17) is 16.0 Å². The van der Waals surface area contributed by atoms with Gasteiger partial charge in [-0.15, -0.1) is 0 Å². The number of halogens is 1. The fraction of sp³-hybridized carbons (Fsp3) is 0.474. The third kappa shape index (κ3) is 5.22. The fourth-order valence-corrected chi connectivity index (χ4v) is 3.26. The molecule has 0 saturated carbocycles. The minimum atomic E-state index is 0.216. The molecule has 0 bridgehead atoms. The molecular weight excluding hydrogens is 350 g/mol. The number of likely N-dealkylation sites (tertiary alicyclic amines) is 1. The third-order valence-electron chi connectivity index (χ3n) is 4.47. The molecule has 1 aliphatic heterocycles. The van der Waals surface area contributed by atoms with E-state index in [1.807, 2.05) is 18.2 Å². The van der Waals surface area contributed by atoms with E-state index in [2.05, 4.69) is 32.4 Å². The van der Waals surface area contributed by atoms with Crippen LogP contribution in [0.15, 0.2) is 46.1 Å². The van der Waals surface area contributed by atoms with Gasteiger partial charge in [0.2, 0.25) is 0 Å². The molecule has 6 nitrogen and oxygen atoms in total. The lowest BCUT2D eigenvalue weighted by atomic mass is 10.2. The summed E-state index contributed by atoms with van der Waals surface area (Å²) in [6.07, 6.45) is 5.99. The van der Waals surface area contributed by atoms with E-state index in [0.29, 0.717) is 11.7 Å². The fourth-order valence-electron chi connectivity index (χ4n) is 3.15. The van der Waals surface area contributed by atoms with Crippen LogP contribution in [0.1, 0.15) is 37.1 Å². The number of aromatic nitrogens is 1. The molecule has 7 heteroatoms. The third-order valence-corrected chi connectivity index (χ3v) is 4.69. The molecule has 1 unspecified atom stereocenters. The van der Waals surface area contributed by atoms with Crippen molar-refractivity contribution in [2.45, 2.75) is 32.4 Å². The van der Waals surface area contributed by atoms with E-state index in [9.17, 15) is 0 Å². The monoisotopic (exact) mass is 375 g/mol. The first-order valence-corrected chi connectivity index (χ1v) is 9.54. The zero-order chi connectivity index (χ0) is 18.2. The largest absolute Gasteiger partial charge is 0.468 e. The normalized spacial score (nSPS) is 16.6. The summed E-state index contributed by atoms with van der Waals surface area (Å²) in [5, 5.41) is 7.25. The molecule has 0 aliphatic carbocycles. The van der Waals surface area contributed by atoms with Gasteiger partial charge in [-0.2, -0.15) is 0 Å². The molecular formula is C19H26ClN5O. The zero-order valence-corrected chi connectivity index (χ0v) is 15.9. The Balaban J connectivity index is 1.63. The number of hydrogen-bond acceptors (Lipinski definition) is 4. The van der Waals surface area contributed by atoms with Gasteiger partial charge in [0, 0.05) is 19.3 Å². The topological polar surface area (TPSA) is 65.7 Å². The highest BCUT2D eigenvalue weighted by molar-refractivity contribution is 6.29. The summed E-state index contributed by atoms with van der Waals surface area (Å²) >= 11 is 5.83. The maximum Gasteiger partial charge on any atom is 0.191 e. The highest BCUT2D eigenvalue weighted by atomic mass is 35.5. The molecule has 2 aromatic heterocycles. The Morgan fingerprint density at radius 2 is 2.15 bits per heavy atom. The van der Waals surface area contributed by atoms with Gasteiger partial charge in [-0.25, -0.2) is 9.98 Å². The zero-order valence-electron chi connectivity index (χ0n) is 15.1. The van der Waals surface area contributed by atoms with Gasteiger partial charge in [-0.3, -0.25) is 4.90 Å². The predicted octanol–water partition coefficient (Wildman–Crippen LogP) is 3.22. The molecule has 3 rings (SSSR count). The summed E-state index contributed by atoms with van der Waals surface area (Å²) in [4.78, 5) is 11.2. The first-order valence-electron chi connectivity index (χ1n) is 9.16. The maximum absolute atomic E-state index is 5.83. The number of rotatable bonds is 7. The average molecular weight is 376 g/mol. The van der Waals surface area contributed by atoms with Crippen molar-refractivity contribution in [1.29, 1.82) is 0 Å². The molecule has 26 heavy (non-hydrogen) atoms. The number of pyridine rings is 1. The van der Waals surface area contributed by atoms with Crippen LogP contribution in [-0.2, 0) is 6.54 Å². The molecule has 3 heterocycles. The van der Waals surface area contributed by atoms with Crippen LogP contribution in [0.25, 0.3) is 0 Å². The lowest BCUT2D eigenvalue weighted by Crippen LogP contribution is -2.42. The Bertz CT molecular complexity index is 680. The Kier molecular flexibility index (Phi) is 6.91. The SMILES string of the molecule is CCNC(=NCc1ccc(Cl)nc1)NCC(c1ccco1)N1CCCC1. The van der Waals surface area contributed by atoms with Gasteiger partial charge in [-0.1, -0.05) is 17.7 Å². The summed E-state index contributed by atoms with van der Waals surface area (Å²) in [6, 6.07) is 7.94. The molecule has 0 aromatic carbocycles. The second-order valence-electron chi connectivity index (χ2n) is 6.34. The van der Waals surface area contributed by atoms with Crippen LogP contribution in [-0.4, -0.2) is 42.0 Å². The van der Waals surface area contributed by atoms with Gasteiger partial charge in [0.15, 0.2) is 5.96 Å². The molecule has 1 atom stereocenters. The van der Waals surface area contributed by atoms with Crippen LogP contribution in [0.3, 0.4) is 0 Å². The van der Waals surface area contributed by atoms with E-state index < -0.39 is 0 Å². The number of hydrogen-bond donors (Lipinski definition) is 2. The molecule has 0 radical (unpaired) electrons. The van der Waals surface area contributed by atoms with Crippen molar-refractivity contribution >= 4 is 17.6 Å². The summed E-state index contributed by atoms with van der Waals surface area (Å²) in [5.74, 6) is 1.79. The summed E-state index contributed by atoms with van der Waals surface area (Å²) < 4.78 is 5.68. The van der Waals surface area contributed by atoms with E-state index in [-0.39, 0.29) is 6.04 Å². The molecule has 1 saturated heterocycles. The number of nitrogens with one attached hydrogen (secondary N) is 2. The Morgan fingerprint density at radius 3 is 2.81 bits per heavy atom. The van der Waals surface area contributed by atoms with Gasteiger partial charge in [0.05, 0.1) is 18.8 Å². The standard InChI is InChI=1S/C19H26ClN5O/c1-2-21-19(23-13-15-7-8-18(20)22-12-15)24-14-16(17-6-5-11-26-17)25-9-3-4-10-25/h5-8,11-12,16H,2-4,9-10,13-14H2,1H3,(H2,21,23,24). The second kappa shape index (κ2) is 9.59. The van der Waals surface area contributed by atoms with Crippen LogP contribution < -0.4 is 10.6 Å². The Labute approximate surface area is 159 Å². The van der Waals surface area contributed by atoms with Gasteiger partial charge in [-0.05, 0) is 56.6 Å². The van der Waals surface area contributed by atoms with E-state index >= 15 is 0 Å². The Hall–Kier alpha value is -2.05. The van der Waals surface area contributed by atoms with Crippen LogP contribution in [0, 0.1) is 0 Å². The lowest BCUT2D eigenvalue weighted by molar-refractivity contribution is 0.215. The van der Waals surface area contributed by atoms with Gasteiger partial charge in [0.25, 0.3) is 0 Å². The summed E-state index contributed by atoms with van der Waals surface area (Å²) in [5.41, 5.74) is 1.02. The highest BCUT2D eigenvalue weighted by Gasteiger charge is 2.25. The number of nitrogens with zero attached hydrogens (tertiary/aromatic N) is 3. The van der Waals surface area contributed by atoms with Crippen molar-refractivity contribution < 1.29 is 4.42 Å². The summed E-state index contributed by atoms with van der Waals surface area (Å²) in [7, 11) is 0. The summed E-state index contributed by atoms with van der Waals surface area (Å²) in [6.45, 7) is 6.38. The van der Waals surface area contributed by atoms with Gasteiger partial charge >= 0.3 is 0 Å². The van der Waals surface area contributed by atoms with Crippen LogP contribution in [0.4, 0.5) is 0 Å². The van der Waals surface area contributed by atoms with Crippen LogP contribution in [0.2, 0.25) is 5.15 Å². The minimum Gasteiger partial charge on any atom is -0.468 e. The smallest absolute Gasteiger partial charge is 0.191 e. The van der Waals surface area contributed by atoms with Crippen LogP contribution in [0.5, 0.6) is 0 Å². The quantitative estimate of drug-likeness (QED) is 0.442. The van der Waals surface area contributed by atoms with Crippen molar-refractivity contribution in [3.8, 4) is 0 Å². The van der Waals surface area contributed by atoms with Crippen molar-refractivity contribution in [3.05, 3.63) is 53.2 Å². The molecule has 2 N–H and O–H groups in total. The second-order valence-corrected chi connectivity index (χ2v) is 6.73. The molecule has 0 spiro atoms. The van der Waals surface area contributed by atoms with E-state index in [1.165, 1.54) is 12.8 Å². The predicted molar refractivity (Wildman–Crippen MR) is 104 cm³/mol. The van der Waals surface area contributed by atoms with Crippen LogP contribution >= 0.6 is 11.6 Å². The van der Waals surface area contributed by atoms with Crippen molar-refractivity contribution in [3.63, 3.8) is 0 Å². The van der Waals surface area contributed by atoms with E-state index in [0.717, 1.165) is 43.5 Å². The minimum absolute atomic E-state index is 0.216. The first kappa shape index (κ1) is 18.7. The molecule has 1 aliphatic rings. The maximum atomic E-state index is 5.83. The molecule has 2 aromatic rings.